The van der Waals surface area contributed by atoms with Gasteiger partial charge in [0.1, 0.15) is 17.3 Å². The SMILES string of the molecule is Cc1[nH]c(-c2ccc(-c3ccc(N)cc3F)c3c2C(=O)NC3)nc1C(=O)NCCN1CCCC1. The Labute approximate surface area is 196 Å². The van der Waals surface area contributed by atoms with Gasteiger partial charge in [0.05, 0.1) is 5.56 Å². The summed E-state index contributed by atoms with van der Waals surface area (Å²) in [5.41, 5.74) is 9.64. The number of anilines is 1. The fraction of sp³-hybridized carbons (Fsp3) is 0.320. The standard InChI is InChI=1S/C25H27FN6O2/c1-14-22(25(34)28-8-11-32-9-2-3-10-32)31-23(30-14)18-7-6-16(19-13-29-24(33)21(18)19)17-5-4-15(27)12-20(17)26/h4-7,12H,2-3,8-11,13,27H2,1H3,(H,28,34)(H,29,33)(H,30,31). The zero-order chi connectivity index (χ0) is 23.8. The number of hydrogen-bond acceptors (Lipinski definition) is 5. The van der Waals surface area contributed by atoms with E-state index in [0.717, 1.165) is 19.6 Å². The van der Waals surface area contributed by atoms with Crippen LogP contribution >= 0.6 is 0 Å². The van der Waals surface area contributed by atoms with Gasteiger partial charge in [-0.25, -0.2) is 9.37 Å². The van der Waals surface area contributed by atoms with Gasteiger partial charge in [-0.2, -0.15) is 0 Å². The maximum absolute atomic E-state index is 14.6. The van der Waals surface area contributed by atoms with Crippen LogP contribution in [0.3, 0.4) is 0 Å². The molecule has 0 spiro atoms. The number of imidazole rings is 1. The first-order valence-corrected chi connectivity index (χ1v) is 11.5. The number of carbonyl (C=O) groups is 2. The number of carbonyl (C=O) groups excluding carboxylic acids is 2. The maximum Gasteiger partial charge on any atom is 0.271 e. The molecule has 2 amide bonds. The van der Waals surface area contributed by atoms with Crippen LogP contribution in [0.2, 0.25) is 0 Å². The summed E-state index contributed by atoms with van der Waals surface area (Å²) in [4.78, 5) is 35.5. The van der Waals surface area contributed by atoms with Crippen LogP contribution in [-0.2, 0) is 6.54 Å². The molecule has 2 aromatic carbocycles. The van der Waals surface area contributed by atoms with E-state index in [0.29, 0.717) is 57.3 Å². The van der Waals surface area contributed by atoms with Gasteiger partial charge in [0.15, 0.2) is 0 Å². The highest BCUT2D eigenvalue weighted by Gasteiger charge is 2.29. The number of nitrogens with zero attached hydrogens (tertiary/aromatic N) is 2. The zero-order valence-corrected chi connectivity index (χ0v) is 19.0. The molecule has 0 bridgehead atoms. The van der Waals surface area contributed by atoms with Gasteiger partial charge in [-0.05, 0) is 68.2 Å². The molecule has 8 nitrogen and oxygen atoms in total. The third-order valence-electron chi connectivity index (χ3n) is 6.52. The summed E-state index contributed by atoms with van der Waals surface area (Å²) in [6.45, 7) is 5.59. The highest BCUT2D eigenvalue weighted by Crippen LogP contribution is 2.36. The summed E-state index contributed by atoms with van der Waals surface area (Å²) in [7, 11) is 0. The Balaban J connectivity index is 1.44. The van der Waals surface area contributed by atoms with Gasteiger partial charge >= 0.3 is 0 Å². The lowest BCUT2D eigenvalue weighted by Gasteiger charge is -2.14. The van der Waals surface area contributed by atoms with E-state index in [-0.39, 0.29) is 18.4 Å². The molecule has 5 N–H and O–H groups in total. The van der Waals surface area contributed by atoms with Gasteiger partial charge < -0.3 is 26.3 Å². The minimum atomic E-state index is -0.448. The van der Waals surface area contributed by atoms with E-state index in [9.17, 15) is 14.0 Å². The lowest BCUT2D eigenvalue weighted by molar-refractivity contribution is 0.0942. The Kier molecular flexibility index (Phi) is 5.79. The monoisotopic (exact) mass is 462 g/mol. The molecule has 176 valence electrons. The maximum atomic E-state index is 14.6. The number of aryl methyl sites for hydroxylation is 1. The van der Waals surface area contributed by atoms with Crippen LogP contribution in [0.1, 0.15) is 44.9 Å². The normalized spacial score (nSPS) is 15.4. The minimum absolute atomic E-state index is 0.249. The van der Waals surface area contributed by atoms with E-state index in [1.807, 2.05) is 0 Å². The topological polar surface area (TPSA) is 116 Å². The Hall–Kier alpha value is -3.72. The van der Waals surface area contributed by atoms with Crippen LogP contribution in [0.15, 0.2) is 30.3 Å². The second-order valence-electron chi connectivity index (χ2n) is 8.80. The van der Waals surface area contributed by atoms with Gasteiger partial charge in [-0.3, -0.25) is 9.59 Å². The second-order valence-corrected chi connectivity index (χ2v) is 8.80. The molecule has 1 aromatic heterocycles. The molecule has 2 aliphatic heterocycles. The van der Waals surface area contributed by atoms with E-state index in [1.165, 1.54) is 18.9 Å². The molecule has 1 saturated heterocycles. The highest BCUT2D eigenvalue weighted by molar-refractivity contribution is 6.06. The Morgan fingerprint density at radius 3 is 2.68 bits per heavy atom. The number of likely N-dealkylation sites (tertiary alicyclic amines) is 1. The van der Waals surface area contributed by atoms with Crippen molar-refractivity contribution in [2.45, 2.75) is 26.3 Å². The van der Waals surface area contributed by atoms with E-state index in [4.69, 9.17) is 5.73 Å². The molecular formula is C25H27FN6O2. The molecule has 0 unspecified atom stereocenters. The van der Waals surface area contributed by atoms with Gasteiger partial charge in [0.25, 0.3) is 11.8 Å². The summed E-state index contributed by atoms with van der Waals surface area (Å²) in [5, 5.41) is 5.76. The molecule has 5 rings (SSSR count). The number of hydrogen-bond donors (Lipinski definition) is 4. The van der Waals surface area contributed by atoms with E-state index in [1.54, 1.807) is 31.2 Å². The number of nitrogens with one attached hydrogen (secondary N) is 3. The summed E-state index contributed by atoms with van der Waals surface area (Å²) >= 11 is 0. The van der Waals surface area contributed by atoms with Crippen molar-refractivity contribution in [2.75, 3.05) is 31.9 Å². The highest BCUT2D eigenvalue weighted by atomic mass is 19.1. The third-order valence-corrected chi connectivity index (χ3v) is 6.52. The predicted molar refractivity (Wildman–Crippen MR) is 128 cm³/mol. The molecule has 3 heterocycles. The number of fused-ring (bicyclic) bond motifs is 1. The molecular weight excluding hydrogens is 435 g/mol. The van der Waals surface area contributed by atoms with Crippen molar-refractivity contribution >= 4 is 17.5 Å². The quantitative estimate of drug-likeness (QED) is 0.421. The average molecular weight is 463 g/mol. The van der Waals surface area contributed by atoms with Gasteiger partial charge in [-0.1, -0.05) is 6.07 Å². The van der Waals surface area contributed by atoms with E-state index < -0.39 is 5.82 Å². The van der Waals surface area contributed by atoms with Crippen LogP contribution in [-0.4, -0.2) is 52.9 Å². The summed E-state index contributed by atoms with van der Waals surface area (Å²) in [6.07, 6.45) is 2.41. The molecule has 9 heteroatoms. The van der Waals surface area contributed by atoms with Crippen molar-refractivity contribution in [3.63, 3.8) is 0 Å². The van der Waals surface area contributed by atoms with Gasteiger partial charge in [0, 0.05) is 42.1 Å². The smallest absolute Gasteiger partial charge is 0.271 e. The predicted octanol–water partition coefficient (Wildman–Crippen LogP) is 2.84. The second kappa shape index (κ2) is 8.90. The van der Waals surface area contributed by atoms with Crippen molar-refractivity contribution < 1.29 is 14.0 Å². The van der Waals surface area contributed by atoms with Crippen LogP contribution in [0.25, 0.3) is 22.5 Å². The molecule has 0 radical (unpaired) electrons. The van der Waals surface area contributed by atoms with Crippen LogP contribution in [0, 0.1) is 12.7 Å². The van der Waals surface area contributed by atoms with Crippen LogP contribution in [0.5, 0.6) is 0 Å². The lowest BCUT2D eigenvalue weighted by atomic mass is 9.92. The number of amides is 2. The first-order valence-electron chi connectivity index (χ1n) is 11.5. The van der Waals surface area contributed by atoms with Crippen LogP contribution < -0.4 is 16.4 Å². The number of nitrogen functional groups attached to an aromatic ring is 1. The average Bonchev–Trinajstić information content (AvgIpc) is 3.55. The number of aromatic amines is 1. The Morgan fingerprint density at radius 2 is 1.91 bits per heavy atom. The molecule has 0 aliphatic carbocycles. The van der Waals surface area contributed by atoms with E-state index in [2.05, 4.69) is 25.5 Å². The van der Waals surface area contributed by atoms with E-state index >= 15 is 0 Å². The van der Waals surface area contributed by atoms with Gasteiger partial charge in [-0.15, -0.1) is 0 Å². The number of aromatic nitrogens is 2. The fourth-order valence-electron chi connectivity index (χ4n) is 4.77. The van der Waals surface area contributed by atoms with Crippen LogP contribution in [0.4, 0.5) is 10.1 Å². The number of H-pyrrole nitrogens is 1. The third kappa shape index (κ3) is 4.03. The van der Waals surface area contributed by atoms with Crippen molar-refractivity contribution in [1.29, 1.82) is 0 Å². The number of halogens is 1. The lowest BCUT2D eigenvalue weighted by Crippen LogP contribution is -2.33. The number of rotatable bonds is 6. The van der Waals surface area contributed by atoms with Crippen molar-refractivity contribution in [2.24, 2.45) is 0 Å². The molecule has 0 saturated carbocycles. The first-order chi connectivity index (χ1) is 16.4. The fourth-order valence-corrected chi connectivity index (χ4v) is 4.77. The molecule has 34 heavy (non-hydrogen) atoms. The van der Waals surface area contributed by atoms with Crippen molar-refractivity contribution in [1.82, 2.24) is 25.5 Å². The molecule has 0 atom stereocenters. The largest absolute Gasteiger partial charge is 0.399 e. The Bertz CT molecular complexity index is 1280. The van der Waals surface area contributed by atoms with Gasteiger partial charge in [0.2, 0.25) is 0 Å². The first kappa shape index (κ1) is 22.1. The molecule has 3 aromatic rings. The minimum Gasteiger partial charge on any atom is -0.399 e. The number of benzene rings is 2. The molecule has 2 aliphatic rings. The Morgan fingerprint density at radius 1 is 1.18 bits per heavy atom. The summed E-state index contributed by atoms with van der Waals surface area (Å²) < 4.78 is 14.6. The molecule has 1 fully saturated rings. The van der Waals surface area contributed by atoms with Crippen molar-refractivity contribution in [3.8, 4) is 22.5 Å². The summed E-state index contributed by atoms with van der Waals surface area (Å²) in [5.74, 6) is -0.523. The zero-order valence-electron chi connectivity index (χ0n) is 19.0. The van der Waals surface area contributed by atoms with Crippen molar-refractivity contribution in [3.05, 3.63) is 58.7 Å². The number of nitrogens with two attached hydrogens (primary N) is 1. The summed E-state index contributed by atoms with van der Waals surface area (Å²) in [6, 6.07) is 8.03.